The second-order valence-corrected chi connectivity index (χ2v) is 7.77. The summed E-state index contributed by atoms with van der Waals surface area (Å²) in [5.41, 5.74) is 3.20. The van der Waals surface area contributed by atoms with Crippen molar-refractivity contribution in [3.8, 4) is 0 Å². The maximum absolute atomic E-state index is 4.42. The Morgan fingerprint density at radius 2 is 2.00 bits per heavy atom. The second kappa shape index (κ2) is 5.45. The van der Waals surface area contributed by atoms with Gasteiger partial charge in [0.15, 0.2) is 0 Å². The van der Waals surface area contributed by atoms with Crippen LogP contribution in [0, 0.1) is 12.3 Å². The molecule has 2 aliphatic carbocycles. The smallest absolute Gasteiger partial charge is 0.147 e. The summed E-state index contributed by atoms with van der Waals surface area (Å²) in [4.78, 5) is 0. The molecule has 0 saturated heterocycles. The van der Waals surface area contributed by atoms with Crippen LogP contribution >= 0.6 is 0 Å². The highest BCUT2D eigenvalue weighted by molar-refractivity contribution is 5.34. The Labute approximate surface area is 138 Å². The second-order valence-electron chi connectivity index (χ2n) is 7.77. The minimum atomic E-state index is 0.258. The third kappa shape index (κ3) is 2.69. The van der Waals surface area contributed by atoms with Crippen LogP contribution in [0.3, 0.4) is 0 Å². The summed E-state index contributed by atoms with van der Waals surface area (Å²) in [7, 11) is 0. The van der Waals surface area contributed by atoms with E-state index >= 15 is 0 Å². The van der Waals surface area contributed by atoms with Gasteiger partial charge < -0.3 is 9.88 Å². The Kier molecular flexibility index (Phi) is 3.52. The van der Waals surface area contributed by atoms with Crippen LogP contribution < -0.4 is 5.32 Å². The molecular formula is C19H26N4. The van der Waals surface area contributed by atoms with Gasteiger partial charge in [-0.15, -0.1) is 10.2 Å². The third-order valence-electron chi connectivity index (χ3n) is 5.50. The highest BCUT2D eigenvalue weighted by Crippen LogP contribution is 2.43. The first-order chi connectivity index (χ1) is 11.1. The third-order valence-corrected chi connectivity index (χ3v) is 5.50. The number of hydrogen-bond acceptors (Lipinski definition) is 3. The van der Waals surface area contributed by atoms with Gasteiger partial charge in [-0.25, -0.2) is 0 Å². The normalized spacial score (nSPS) is 22.8. The number of benzene rings is 1. The molecule has 0 spiro atoms. The molecule has 1 saturated carbocycles. The fraction of sp³-hybridized carbons (Fsp3) is 0.579. The van der Waals surface area contributed by atoms with Crippen molar-refractivity contribution in [3.63, 3.8) is 0 Å². The Bertz CT molecular complexity index is 712. The summed E-state index contributed by atoms with van der Waals surface area (Å²) < 4.78 is 2.33. The van der Waals surface area contributed by atoms with Crippen molar-refractivity contribution in [2.45, 2.75) is 65.1 Å². The van der Waals surface area contributed by atoms with Crippen molar-refractivity contribution < 1.29 is 0 Å². The molecule has 4 nitrogen and oxygen atoms in total. The first kappa shape index (κ1) is 14.9. The van der Waals surface area contributed by atoms with E-state index in [1.54, 1.807) is 0 Å². The van der Waals surface area contributed by atoms with Gasteiger partial charge in [-0.2, -0.15) is 0 Å². The summed E-state index contributed by atoms with van der Waals surface area (Å²) in [5.74, 6) is 2.14. The largest absolute Gasteiger partial charge is 0.311 e. The monoisotopic (exact) mass is 310 g/mol. The lowest BCUT2D eigenvalue weighted by atomic mass is 9.70. The Morgan fingerprint density at radius 1 is 1.22 bits per heavy atom. The molecule has 1 aromatic carbocycles. The number of aryl methyl sites for hydroxylation is 2. The van der Waals surface area contributed by atoms with Crippen molar-refractivity contribution in [2.24, 2.45) is 5.41 Å². The van der Waals surface area contributed by atoms with Crippen LogP contribution in [0.25, 0.3) is 0 Å². The highest BCUT2D eigenvalue weighted by Gasteiger charge is 2.36. The molecule has 1 heterocycles. The van der Waals surface area contributed by atoms with Crippen LogP contribution in [0.5, 0.6) is 0 Å². The molecular weight excluding hydrogens is 284 g/mol. The molecule has 0 amide bonds. The van der Waals surface area contributed by atoms with E-state index in [2.05, 4.69) is 65.1 Å². The van der Waals surface area contributed by atoms with Crippen molar-refractivity contribution in [3.05, 3.63) is 47.0 Å². The SMILES string of the molecule is Cc1nnc(CN[C@H]2c3ccccc3CCC2(C)C)n1C1CC1. The number of fused-ring (bicyclic) bond motifs is 1. The quantitative estimate of drug-likeness (QED) is 0.936. The topological polar surface area (TPSA) is 42.7 Å². The van der Waals surface area contributed by atoms with Gasteiger partial charge in [-0.05, 0) is 49.1 Å². The maximum atomic E-state index is 4.42. The van der Waals surface area contributed by atoms with E-state index in [4.69, 9.17) is 0 Å². The zero-order valence-corrected chi connectivity index (χ0v) is 14.3. The molecule has 0 radical (unpaired) electrons. The van der Waals surface area contributed by atoms with Crippen LogP contribution in [-0.2, 0) is 13.0 Å². The Balaban J connectivity index is 1.58. The zero-order valence-electron chi connectivity index (χ0n) is 14.3. The Hall–Kier alpha value is -1.68. The summed E-state index contributed by atoms with van der Waals surface area (Å²) in [6, 6.07) is 9.87. The van der Waals surface area contributed by atoms with Crippen LogP contribution in [-0.4, -0.2) is 14.8 Å². The van der Waals surface area contributed by atoms with Gasteiger partial charge in [-0.1, -0.05) is 38.1 Å². The molecule has 122 valence electrons. The van der Waals surface area contributed by atoms with E-state index in [0.717, 1.165) is 18.2 Å². The molecule has 0 bridgehead atoms. The van der Waals surface area contributed by atoms with E-state index in [1.165, 1.54) is 36.8 Å². The van der Waals surface area contributed by atoms with Gasteiger partial charge in [0.1, 0.15) is 11.6 Å². The number of nitrogens with zero attached hydrogens (tertiary/aromatic N) is 3. The lowest BCUT2D eigenvalue weighted by molar-refractivity contribution is 0.206. The van der Waals surface area contributed by atoms with E-state index in [0.29, 0.717) is 12.1 Å². The van der Waals surface area contributed by atoms with Gasteiger partial charge >= 0.3 is 0 Å². The predicted octanol–water partition coefficient (Wildman–Crippen LogP) is 3.72. The average molecular weight is 310 g/mol. The summed E-state index contributed by atoms with van der Waals surface area (Å²) in [6.45, 7) is 7.60. The summed E-state index contributed by atoms with van der Waals surface area (Å²) >= 11 is 0. The molecule has 0 aliphatic heterocycles. The van der Waals surface area contributed by atoms with Gasteiger partial charge in [-0.3, -0.25) is 0 Å². The molecule has 2 aliphatic rings. The van der Waals surface area contributed by atoms with Crippen LogP contribution in [0.15, 0.2) is 24.3 Å². The number of rotatable bonds is 4. The molecule has 4 rings (SSSR count). The molecule has 23 heavy (non-hydrogen) atoms. The van der Waals surface area contributed by atoms with Crippen LogP contribution in [0.2, 0.25) is 0 Å². The Morgan fingerprint density at radius 3 is 2.78 bits per heavy atom. The highest BCUT2D eigenvalue weighted by atomic mass is 15.3. The van der Waals surface area contributed by atoms with Gasteiger partial charge in [0.25, 0.3) is 0 Å². The van der Waals surface area contributed by atoms with Crippen molar-refractivity contribution >= 4 is 0 Å². The van der Waals surface area contributed by atoms with Gasteiger partial charge in [0.05, 0.1) is 6.54 Å². The zero-order chi connectivity index (χ0) is 16.0. The molecule has 0 unspecified atom stereocenters. The molecule has 1 aromatic heterocycles. The minimum Gasteiger partial charge on any atom is -0.311 e. The number of hydrogen-bond donors (Lipinski definition) is 1. The average Bonchev–Trinajstić information content (AvgIpc) is 3.29. The molecule has 1 fully saturated rings. The van der Waals surface area contributed by atoms with Crippen LogP contribution in [0.4, 0.5) is 0 Å². The van der Waals surface area contributed by atoms with E-state index < -0.39 is 0 Å². The van der Waals surface area contributed by atoms with E-state index in [-0.39, 0.29) is 5.41 Å². The maximum Gasteiger partial charge on any atom is 0.147 e. The van der Waals surface area contributed by atoms with Crippen molar-refractivity contribution in [1.29, 1.82) is 0 Å². The molecule has 1 atom stereocenters. The first-order valence-electron chi connectivity index (χ1n) is 8.78. The van der Waals surface area contributed by atoms with Crippen LogP contribution in [0.1, 0.15) is 68.0 Å². The summed E-state index contributed by atoms with van der Waals surface area (Å²) in [5, 5.41) is 12.5. The van der Waals surface area contributed by atoms with Gasteiger partial charge in [0, 0.05) is 12.1 Å². The standard InChI is InChI=1S/C19H26N4/c1-13-21-22-17(23(13)15-8-9-15)12-20-18-16-7-5-4-6-14(16)10-11-19(18,2)3/h4-7,15,18,20H,8-12H2,1-3H3/t18-/m0/s1. The number of nitrogens with one attached hydrogen (secondary N) is 1. The molecule has 2 aromatic rings. The number of aromatic nitrogens is 3. The fourth-order valence-corrected chi connectivity index (χ4v) is 3.99. The minimum absolute atomic E-state index is 0.258. The van der Waals surface area contributed by atoms with Crippen molar-refractivity contribution in [2.75, 3.05) is 0 Å². The fourth-order valence-electron chi connectivity index (χ4n) is 3.99. The molecule has 1 N–H and O–H groups in total. The van der Waals surface area contributed by atoms with Gasteiger partial charge in [0.2, 0.25) is 0 Å². The predicted molar refractivity (Wildman–Crippen MR) is 91.2 cm³/mol. The first-order valence-corrected chi connectivity index (χ1v) is 8.78. The lowest BCUT2D eigenvalue weighted by Gasteiger charge is -2.40. The molecule has 4 heteroatoms. The lowest BCUT2D eigenvalue weighted by Crippen LogP contribution is -2.38. The van der Waals surface area contributed by atoms with Crippen molar-refractivity contribution in [1.82, 2.24) is 20.1 Å². The van der Waals surface area contributed by atoms with E-state index in [1.807, 2.05) is 0 Å². The summed E-state index contributed by atoms with van der Waals surface area (Å²) in [6.07, 6.45) is 4.93. The van der Waals surface area contributed by atoms with E-state index in [9.17, 15) is 0 Å².